The number of aliphatic carboxylic acids is 1. The molecule has 92 valence electrons. The first-order valence-corrected chi connectivity index (χ1v) is 7.01. The highest BCUT2D eigenvalue weighted by atomic mass is 32.2. The Labute approximate surface area is 100 Å². The minimum absolute atomic E-state index is 0.0767. The quantitative estimate of drug-likeness (QED) is 0.767. The molecule has 0 saturated heterocycles. The van der Waals surface area contributed by atoms with E-state index in [1.807, 2.05) is 6.26 Å². The number of nitrogens with one attached hydrogen (secondary N) is 1. The van der Waals surface area contributed by atoms with Crippen LogP contribution in [0.2, 0.25) is 0 Å². The predicted octanol–water partition coefficient (Wildman–Crippen LogP) is 1.36. The fraction of sp³-hybridized carbons (Fsp3) is 0.818. The lowest BCUT2D eigenvalue weighted by molar-refractivity contribution is -0.143. The van der Waals surface area contributed by atoms with Crippen molar-refractivity contribution in [2.45, 2.75) is 25.7 Å². The van der Waals surface area contributed by atoms with Crippen LogP contribution in [0.1, 0.15) is 25.7 Å². The summed E-state index contributed by atoms with van der Waals surface area (Å²) in [4.78, 5) is 22.0. The number of hydrogen-bond acceptors (Lipinski definition) is 3. The van der Waals surface area contributed by atoms with Gasteiger partial charge in [-0.25, -0.2) is 0 Å². The Morgan fingerprint density at radius 3 is 2.44 bits per heavy atom. The molecule has 0 unspecified atom stereocenters. The van der Waals surface area contributed by atoms with E-state index >= 15 is 0 Å². The van der Waals surface area contributed by atoms with E-state index in [-0.39, 0.29) is 11.8 Å². The molecule has 0 aliphatic heterocycles. The first kappa shape index (κ1) is 13.4. The van der Waals surface area contributed by atoms with Gasteiger partial charge in [-0.05, 0) is 37.9 Å². The van der Waals surface area contributed by atoms with Crippen molar-refractivity contribution in [2.24, 2.45) is 11.8 Å². The molecule has 0 heterocycles. The van der Waals surface area contributed by atoms with Crippen LogP contribution in [0.5, 0.6) is 0 Å². The molecule has 1 fully saturated rings. The van der Waals surface area contributed by atoms with E-state index in [2.05, 4.69) is 5.32 Å². The maximum Gasteiger partial charge on any atom is 0.306 e. The van der Waals surface area contributed by atoms with Crippen LogP contribution in [0.15, 0.2) is 0 Å². The Hall–Kier alpha value is -0.710. The average Bonchev–Trinajstić information content (AvgIpc) is 2.27. The lowest BCUT2D eigenvalue weighted by Crippen LogP contribution is -2.33. The smallest absolute Gasteiger partial charge is 0.306 e. The van der Waals surface area contributed by atoms with Crippen LogP contribution in [-0.2, 0) is 9.59 Å². The second-order valence-corrected chi connectivity index (χ2v) is 5.16. The van der Waals surface area contributed by atoms with Gasteiger partial charge < -0.3 is 10.4 Å². The van der Waals surface area contributed by atoms with Crippen LogP contribution < -0.4 is 5.32 Å². The Balaban J connectivity index is 2.17. The molecule has 0 aromatic heterocycles. The van der Waals surface area contributed by atoms with Crippen molar-refractivity contribution >= 4 is 23.6 Å². The molecule has 0 atom stereocenters. The first-order chi connectivity index (χ1) is 7.63. The third-order valence-corrected chi connectivity index (χ3v) is 3.61. The summed E-state index contributed by atoms with van der Waals surface area (Å²) in [6.45, 7) is 0.700. The van der Waals surface area contributed by atoms with Crippen LogP contribution in [0.25, 0.3) is 0 Å². The summed E-state index contributed by atoms with van der Waals surface area (Å²) in [5.41, 5.74) is 0. The van der Waals surface area contributed by atoms with Gasteiger partial charge in [0.25, 0.3) is 0 Å². The molecule has 16 heavy (non-hydrogen) atoms. The molecule has 0 bridgehead atoms. The molecule has 2 N–H and O–H groups in total. The van der Waals surface area contributed by atoms with E-state index in [9.17, 15) is 9.59 Å². The van der Waals surface area contributed by atoms with E-state index in [1.54, 1.807) is 0 Å². The van der Waals surface area contributed by atoms with Gasteiger partial charge >= 0.3 is 5.97 Å². The first-order valence-electron chi connectivity index (χ1n) is 5.62. The molecule has 5 heteroatoms. The number of hydrogen-bond donors (Lipinski definition) is 2. The van der Waals surface area contributed by atoms with Gasteiger partial charge in [-0.3, -0.25) is 9.59 Å². The normalized spacial score (nSPS) is 25.1. The van der Waals surface area contributed by atoms with Crippen molar-refractivity contribution in [1.82, 2.24) is 5.32 Å². The molecule has 1 aliphatic carbocycles. The topological polar surface area (TPSA) is 66.4 Å². The minimum Gasteiger partial charge on any atom is -0.481 e. The maximum atomic E-state index is 11.2. The molecular formula is C11H19NO3S. The minimum atomic E-state index is -0.676. The summed E-state index contributed by atoms with van der Waals surface area (Å²) < 4.78 is 0. The number of thioether (sulfide) groups is 1. The fourth-order valence-corrected chi connectivity index (χ4v) is 2.42. The largest absolute Gasteiger partial charge is 0.481 e. The molecule has 1 aliphatic rings. The summed E-state index contributed by atoms with van der Waals surface area (Å²) in [5, 5.41) is 11.7. The van der Waals surface area contributed by atoms with Crippen molar-refractivity contribution in [3.8, 4) is 0 Å². The highest BCUT2D eigenvalue weighted by Crippen LogP contribution is 2.28. The Morgan fingerprint density at radius 1 is 1.31 bits per heavy atom. The molecule has 0 aromatic carbocycles. The zero-order valence-electron chi connectivity index (χ0n) is 9.57. The van der Waals surface area contributed by atoms with E-state index < -0.39 is 5.97 Å². The van der Waals surface area contributed by atoms with E-state index in [1.165, 1.54) is 11.8 Å². The van der Waals surface area contributed by atoms with Gasteiger partial charge in [-0.1, -0.05) is 0 Å². The summed E-state index contributed by atoms with van der Waals surface area (Å²) >= 11 is 1.51. The van der Waals surface area contributed by atoms with Gasteiger partial charge in [0, 0.05) is 6.54 Å². The van der Waals surface area contributed by atoms with Crippen molar-refractivity contribution in [1.29, 1.82) is 0 Å². The Bertz CT molecular complexity index is 250. The van der Waals surface area contributed by atoms with E-state index in [4.69, 9.17) is 5.11 Å². The zero-order chi connectivity index (χ0) is 12.0. The molecular weight excluding hydrogens is 226 g/mol. The Morgan fingerprint density at radius 2 is 1.94 bits per heavy atom. The summed E-state index contributed by atoms with van der Waals surface area (Å²) in [6.07, 6.45) is 5.22. The standard InChI is InChI=1S/C11H19NO3S/c1-16-7-10(13)12-6-8-2-4-9(5-3-8)11(14)15/h8-9H,2-7H2,1H3,(H,12,13)(H,14,15). The van der Waals surface area contributed by atoms with Crippen molar-refractivity contribution < 1.29 is 14.7 Å². The molecule has 1 saturated carbocycles. The molecule has 0 aromatic rings. The molecule has 0 spiro atoms. The number of amides is 1. The monoisotopic (exact) mass is 245 g/mol. The SMILES string of the molecule is CSCC(=O)NCC1CCC(C(=O)O)CC1. The van der Waals surface area contributed by atoms with Crippen molar-refractivity contribution in [3.05, 3.63) is 0 Å². The number of rotatable bonds is 5. The second-order valence-electron chi connectivity index (χ2n) is 4.29. The third kappa shape index (κ3) is 4.43. The van der Waals surface area contributed by atoms with Gasteiger partial charge in [-0.2, -0.15) is 11.8 Å². The molecule has 4 nitrogen and oxygen atoms in total. The fourth-order valence-electron chi connectivity index (χ4n) is 2.05. The summed E-state index contributed by atoms with van der Waals surface area (Å²) in [7, 11) is 0. The van der Waals surface area contributed by atoms with Gasteiger partial charge in [0.05, 0.1) is 11.7 Å². The van der Waals surface area contributed by atoms with E-state index in [0.29, 0.717) is 18.2 Å². The average molecular weight is 245 g/mol. The van der Waals surface area contributed by atoms with Gasteiger partial charge in [0.2, 0.25) is 5.91 Å². The lowest BCUT2D eigenvalue weighted by Gasteiger charge is -2.26. The maximum absolute atomic E-state index is 11.2. The van der Waals surface area contributed by atoms with Gasteiger partial charge in [0.1, 0.15) is 0 Å². The number of carbonyl (C=O) groups is 2. The molecule has 1 rings (SSSR count). The number of carboxylic acids is 1. The molecule has 1 amide bonds. The zero-order valence-corrected chi connectivity index (χ0v) is 10.4. The third-order valence-electron chi connectivity index (χ3n) is 3.06. The second kappa shape index (κ2) is 6.78. The summed E-state index contributed by atoms with van der Waals surface area (Å²) in [5.74, 6) is 0.196. The van der Waals surface area contributed by atoms with Crippen LogP contribution in [0.3, 0.4) is 0 Å². The highest BCUT2D eigenvalue weighted by Gasteiger charge is 2.25. The van der Waals surface area contributed by atoms with Gasteiger partial charge in [-0.15, -0.1) is 0 Å². The van der Waals surface area contributed by atoms with Crippen molar-refractivity contribution in [2.75, 3.05) is 18.6 Å². The van der Waals surface area contributed by atoms with E-state index in [0.717, 1.165) is 25.7 Å². The molecule has 0 radical (unpaired) electrons. The van der Waals surface area contributed by atoms with Crippen molar-refractivity contribution in [3.63, 3.8) is 0 Å². The van der Waals surface area contributed by atoms with Crippen LogP contribution in [-0.4, -0.2) is 35.5 Å². The summed E-state index contributed by atoms with van der Waals surface area (Å²) in [6, 6.07) is 0. The number of carboxylic acid groups (broad SMARTS) is 1. The number of carbonyl (C=O) groups excluding carboxylic acids is 1. The predicted molar refractivity (Wildman–Crippen MR) is 64.5 cm³/mol. The van der Waals surface area contributed by atoms with Crippen LogP contribution in [0.4, 0.5) is 0 Å². The van der Waals surface area contributed by atoms with Crippen LogP contribution in [0, 0.1) is 11.8 Å². The Kier molecular flexibility index (Phi) is 5.66. The van der Waals surface area contributed by atoms with Gasteiger partial charge in [0.15, 0.2) is 0 Å². The highest BCUT2D eigenvalue weighted by molar-refractivity contribution is 7.99. The lowest BCUT2D eigenvalue weighted by atomic mass is 9.82. The van der Waals surface area contributed by atoms with Crippen LogP contribution >= 0.6 is 11.8 Å².